The summed E-state index contributed by atoms with van der Waals surface area (Å²) in [6, 6.07) is 20.9. The molecule has 3 rings (SSSR count). The number of carbonyl (C=O) groups excluding carboxylic acids is 2. The standard InChI is InChI=1S/C28H32FN3O4S/c1-21(27(34)30-28(2,3)4)31(19-22-11-7-5-8-12-22)26(33)20-32(24-13-9-6-10-14-24)37(35,36)25-17-15-23(29)16-18-25/h5-18,21H,19-20H2,1-4H3,(H,30,34). The summed E-state index contributed by atoms with van der Waals surface area (Å²) in [5.74, 6) is -1.49. The first kappa shape index (κ1) is 27.9. The molecular formula is C28H32FN3O4S. The fourth-order valence-electron chi connectivity index (χ4n) is 3.69. The van der Waals surface area contributed by atoms with Gasteiger partial charge in [0.05, 0.1) is 10.6 Å². The number of hydrogen-bond acceptors (Lipinski definition) is 4. The van der Waals surface area contributed by atoms with Crippen molar-refractivity contribution < 1.29 is 22.4 Å². The normalized spacial score (nSPS) is 12.5. The zero-order chi connectivity index (χ0) is 27.2. The van der Waals surface area contributed by atoms with E-state index in [0.717, 1.165) is 34.1 Å². The van der Waals surface area contributed by atoms with Crippen LogP contribution in [0, 0.1) is 5.82 Å². The van der Waals surface area contributed by atoms with Gasteiger partial charge in [-0.05, 0) is 69.7 Å². The van der Waals surface area contributed by atoms with Crippen LogP contribution in [0.4, 0.5) is 10.1 Å². The third-order valence-corrected chi connectivity index (χ3v) is 7.37. The van der Waals surface area contributed by atoms with E-state index in [4.69, 9.17) is 0 Å². The maximum absolute atomic E-state index is 13.8. The highest BCUT2D eigenvalue weighted by molar-refractivity contribution is 7.92. The van der Waals surface area contributed by atoms with E-state index in [-0.39, 0.29) is 23.0 Å². The summed E-state index contributed by atoms with van der Waals surface area (Å²) in [6.07, 6.45) is 0. The van der Waals surface area contributed by atoms with Crippen molar-refractivity contribution in [2.24, 2.45) is 0 Å². The van der Waals surface area contributed by atoms with E-state index in [0.29, 0.717) is 0 Å². The molecule has 3 aromatic rings. The summed E-state index contributed by atoms with van der Waals surface area (Å²) >= 11 is 0. The van der Waals surface area contributed by atoms with E-state index in [9.17, 15) is 22.4 Å². The third-order valence-electron chi connectivity index (χ3n) is 5.59. The minimum atomic E-state index is -4.23. The minimum Gasteiger partial charge on any atom is -0.350 e. The number of nitrogens with one attached hydrogen (secondary N) is 1. The van der Waals surface area contributed by atoms with Crippen molar-refractivity contribution in [2.45, 2.75) is 50.7 Å². The van der Waals surface area contributed by atoms with Gasteiger partial charge in [-0.1, -0.05) is 48.5 Å². The molecule has 1 N–H and O–H groups in total. The van der Waals surface area contributed by atoms with Gasteiger partial charge < -0.3 is 10.2 Å². The lowest BCUT2D eigenvalue weighted by atomic mass is 10.1. The largest absolute Gasteiger partial charge is 0.350 e. The molecule has 0 heterocycles. The van der Waals surface area contributed by atoms with Crippen molar-refractivity contribution in [1.29, 1.82) is 0 Å². The Morgan fingerprint density at radius 1 is 0.892 bits per heavy atom. The van der Waals surface area contributed by atoms with Crippen LogP contribution in [0.5, 0.6) is 0 Å². The Hall–Kier alpha value is -3.72. The molecule has 0 fully saturated rings. The molecule has 0 spiro atoms. The molecule has 0 aromatic heterocycles. The molecular weight excluding hydrogens is 493 g/mol. The lowest BCUT2D eigenvalue weighted by Crippen LogP contribution is -2.54. The zero-order valence-electron chi connectivity index (χ0n) is 21.4. The number of anilines is 1. The minimum absolute atomic E-state index is 0.109. The Morgan fingerprint density at radius 3 is 1.97 bits per heavy atom. The van der Waals surface area contributed by atoms with Crippen molar-refractivity contribution in [1.82, 2.24) is 10.2 Å². The van der Waals surface area contributed by atoms with Gasteiger partial charge in [-0.25, -0.2) is 12.8 Å². The summed E-state index contributed by atoms with van der Waals surface area (Å²) < 4.78 is 41.7. The Bertz CT molecular complexity index is 1310. The second-order valence-electron chi connectivity index (χ2n) is 9.72. The van der Waals surface area contributed by atoms with E-state index in [2.05, 4.69) is 5.32 Å². The molecule has 2 amide bonds. The first-order chi connectivity index (χ1) is 17.4. The number of halogens is 1. The molecule has 0 radical (unpaired) electrons. The molecule has 0 saturated heterocycles. The molecule has 0 aliphatic carbocycles. The van der Waals surface area contributed by atoms with E-state index in [1.807, 2.05) is 51.1 Å². The number of para-hydroxylation sites is 1. The summed E-state index contributed by atoms with van der Waals surface area (Å²) in [5.41, 5.74) is 0.542. The van der Waals surface area contributed by atoms with Crippen LogP contribution in [0.3, 0.4) is 0 Å². The smallest absolute Gasteiger partial charge is 0.264 e. The van der Waals surface area contributed by atoms with Gasteiger partial charge in [0.2, 0.25) is 11.8 Å². The quantitative estimate of drug-likeness (QED) is 0.450. The van der Waals surface area contributed by atoms with Crippen LogP contribution >= 0.6 is 0 Å². The highest BCUT2D eigenvalue weighted by Crippen LogP contribution is 2.24. The summed E-state index contributed by atoms with van der Waals surface area (Å²) in [7, 11) is -4.23. The SMILES string of the molecule is CC(C(=O)NC(C)(C)C)N(Cc1ccccc1)C(=O)CN(c1ccccc1)S(=O)(=O)c1ccc(F)cc1. The van der Waals surface area contributed by atoms with Crippen LogP contribution in [-0.4, -0.2) is 43.3 Å². The Kier molecular flexibility index (Phi) is 8.70. The van der Waals surface area contributed by atoms with E-state index >= 15 is 0 Å². The number of carbonyl (C=O) groups is 2. The number of benzene rings is 3. The molecule has 196 valence electrons. The summed E-state index contributed by atoms with van der Waals surface area (Å²) in [5, 5.41) is 2.89. The summed E-state index contributed by atoms with van der Waals surface area (Å²) in [4.78, 5) is 28.0. The van der Waals surface area contributed by atoms with Crippen LogP contribution in [0.15, 0.2) is 89.8 Å². The number of amides is 2. The van der Waals surface area contributed by atoms with Gasteiger partial charge in [0.1, 0.15) is 18.4 Å². The lowest BCUT2D eigenvalue weighted by molar-refractivity contribution is -0.140. The average Bonchev–Trinajstić information content (AvgIpc) is 2.85. The zero-order valence-corrected chi connectivity index (χ0v) is 22.2. The summed E-state index contributed by atoms with van der Waals surface area (Å²) in [6.45, 7) is 6.69. The van der Waals surface area contributed by atoms with Gasteiger partial charge in [0.15, 0.2) is 0 Å². The predicted molar refractivity (Wildman–Crippen MR) is 142 cm³/mol. The fourth-order valence-corrected chi connectivity index (χ4v) is 5.11. The average molecular weight is 526 g/mol. The number of rotatable bonds is 9. The molecule has 1 atom stereocenters. The van der Waals surface area contributed by atoms with Gasteiger partial charge >= 0.3 is 0 Å². The Morgan fingerprint density at radius 2 is 1.43 bits per heavy atom. The lowest BCUT2D eigenvalue weighted by Gasteiger charge is -2.33. The van der Waals surface area contributed by atoms with Crippen LogP contribution in [-0.2, 0) is 26.2 Å². The topological polar surface area (TPSA) is 86.8 Å². The van der Waals surface area contributed by atoms with Crippen molar-refractivity contribution in [3.63, 3.8) is 0 Å². The number of nitrogens with zero attached hydrogens (tertiary/aromatic N) is 2. The van der Waals surface area contributed by atoms with Gasteiger partial charge in [-0.3, -0.25) is 13.9 Å². The molecule has 0 aliphatic rings. The molecule has 7 nitrogen and oxygen atoms in total. The third kappa shape index (κ3) is 7.39. The molecule has 1 unspecified atom stereocenters. The first-order valence-corrected chi connectivity index (χ1v) is 13.3. The van der Waals surface area contributed by atoms with Crippen molar-refractivity contribution in [3.8, 4) is 0 Å². The molecule has 0 bridgehead atoms. The Labute approximate surface area is 218 Å². The van der Waals surface area contributed by atoms with Gasteiger partial charge in [0, 0.05) is 12.1 Å². The molecule has 3 aromatic carbocycles. The highest BCUT2D eigenvalue weighted by Gasteiger charge is 2.33. The number of sulfonamides is 1. The van der Waals surface area contributed by atoms with Crippen LogP contribution in [0.1, 0.15) is 33.3 Å². The maximum atomic E-state index is 13.8. The molecule has 0 aliphatic heterocycles. The molecule has 0 saturated carbocycles. The second-order valence-corrected chi connectivity index (χ2v) is 11.6. The highest BCUT2D eigenvalue weighted by atomic mass is 32.2. The van der Waals surface area contributed by atoms with E-state index in [1.54, 1.807) is 37.3 Å². The van der Waals surface area contributed by atoms with Crippen LogP contribution in [0.25, 0.3) is 0 Å². The van der Waals surface area contributed by atoms with Crippen LogP contribution < -0.4 is 9.62 Å². The van der Waals surface area contributed by atoms with Crippen molar-refractivity contribution in [2.75, 3.05) is 10.8 Å². The molecule has 9 heteroatoms. The first-order valence-electron chi connectivity index (χ1n) is 11.9. The predicted octanol–water partition coefficient (Wildman–Crippen LogP) is 4.35. The van der Waals surface area contributed by atoms with Gasteiger partial charge in [0.25, 0.3) is 10.0 Å². The fraction of sp³-hybridized carbons (Fsp3) is 0.286. The van der Waals surface area contributed by atoms with Crippen molar-refractivity contribution >= 4 is 27.5 Å². The van der Waals surface area contributed by atoms with E-state index < -0.39 is 39.9 Å². The second kappa shape index (κ2) is 11.6. The van der Waals surface area contributed by atoms with Crippen molar-refractivity contribution in [3.05, 3.63) is 96.3 Å². The number of hydrogen-bond donors (Lipinski definition) is 1. The van der Waals surface area contributed by atoms with Crippen LogP contribution in [0.2, 0.25) is 0 Å². The van der Waals surface area contributed by atoms with Gasteiger partial charge in [-0.15, -0.1) is 0 Å². The van der Waals surface area contributed by atoms with Gasteiger partial charge in [-0.2, -0.15) is 0 Å². The molecule has 37 heavy (non-hydrogen) atoms. The monoisotopic (exact) mass is 525 g/mol. The van der Waals surface area contributed by atoms with E-state index in [1.165, 1.54) is 4.90 Å². The maximum Gasteiger partial charge on any atom is 0.264 e. The Balaban J connectivity index is 1.99.